The van der Waals surface area contributed by atoms with Crippen LogP contribution in [0.15, 0.2) is 0 Å². The van der Waals surface area contributed by atoms with Crippen LogP contribution in [0.4, 0.5) is 0 Å². The molecule has 0 aromatic heterocycles. The molecule has 0 aromatic carbocycles. The summed E-state index contributed by atoms with van der Waals surface area (Å²) in [6.07, 6.45) is 9.25. The number of hydrogen-bond donors (Lipinski definition) is 1. The van der Waals surface area contributed by atoms with Crippen molar-refractivity contribution < 1.29 is 4.79 Å². The van der Waals surface area contributed by atoms with E-state index in [1.165, 1.54) is 12.8 Å². The number of amides is 1. The van der Waals surface area contributed by atoms with E-state index in [1.54, 1.807) is 0 Å². The van der Waals surface area contributed by atoms with Crippen LogP contribution in [0, 0.1) is 22.7 Å². The van der Waals surface area contributed by atoms with Gasteiger partial charge in [-0.25, -0.2) is 0 Å². The Bertz CT molecular complexity index is 331. The fraction of sp³-hybridized carbons (Fsp3) is 0.867. The summed E-state index contributed by atoms with van der Waals surface area (Å²) in [5, 5.41) is 12.5. The van der Waals surface area contributed by atoms with E-state index in [4.69, 9.17) is 0 Å². The molecule has 100 valence electrons. The van der Waals surface area contributed by atoms with E-state index in [0.717, 1.165) is 50.9 Å². The number of nitrogens with zero attached hydrogens (tertiary/aromatic N) is 1. The molecule has 18 heavy (non-hydrogen) atoms. The summed E-state index contributed by atoms with van der Waals surface area (Å²) in [7, 11) is 0. The van der Waals surface area contributed by atoms with Crippen LogP contribution in [0.25, 0.3) is 0 Å². The van der Waals surface area contributed by atoms with Gasteiger partial charge in [0.2, 0.25) is 5.91 Å². The number of carbonyl (C=O) groups excluding carboxylic acids is 1. The Morgan fingerprint density at radius 1 is 1.17 bits per heavy atom. The van der Waals surface area contributed by atoms with Gasteiger partial charge < -0.3 is 5.32 Å². The minimum atomic E-state index is -0.721. The maximum atomic E-state index is 12.4. The van der Waals surface area contributed by atoms with Crippen molar-refractivity contribution in [2.75, 3.05) is 0 Å². The lowest BCUT2D eigenvalue weighted by Crippen LogP contribution is -2.46. The van der Waals surface area contributed by atoms with Crippen LogP contribution in [0.3, 0.4) is 0 Å². The van der Waals surface area contributed by atoms with Gasteiger partial charge in [0.1, 0.15) is 5.41 Å². The number of carbonyl (C=O) groups is 1. The molecule has 0 radical (unpaired) electrons. The number of rotatable bonds is 2. The van der Waals surface area contributed by atoms with Crippen molar-refractivity contribution in [3.63, 3.8) is 0 Å². The number of nitriles is 1. The highest BCUT2D eigenvalue weighted by Gasteiger charge is 2.40. The molecule has 0 heterocycles. The largest absolute Gasteiger partial charge is 0.352 e. The molecule has 1 amide bonds. The second-order valence-corrected chi connectivity index (χ2v) is 6.18. The fourth-order valence-electron chi connectivity index (χ4n) is 3.27. The SMILES string of the molecule is CC1CCC(NC(=O)C2(C#N)CCCCC2)CC1. The van der Waals surface area contributed by atoms with E-state index >= 15 is 0 Å². The number of hydrogen-bond acceptors (Lipinski definition) is 2. The topological polar surface area (TPSA) is 52.9 Å². The Labute approximate surface area is 110 Å². The third-order valence-corrected chi connectivity index (χ3v) is 4.71. The Balaban J connectivity index is 1.92. The summed E-state index contributed by atoms with van der Waals surface area (Å²) in [6.45, 7) is 2.27. The first-order valence-electron chi connectivity index (χ1n) is 7.38. The molecule has 1 N–H and O–H groups in total. The van der Waals surface area contributed by atoms with Gasteiger partial charge in [0, 0.05) is 6.04 Å². The van der Waals surface area contributed by atoms with Crippen molar-refractivity contribution >= 4 is 5.91 Å². The van der Waals surface area contributed by atoms with Gasteiger partial charge in [-0.15, -0.1) is 0 Å². The molecule has 0 saturated heterocycles. The average molecular weight is 248 g/mol. The smallest absolute Gasteiger partial charge is 0.240 e. The first-order chi connectivity index (χ1) is 8.66. The lowest BCUT2D eigenvalue weighted by atomic mass is 9.74. The van der Waals surface area contributed by atoms with E-state index in [0.29, 0.717) is 6.04 Å². The van der Waals surface area contributed by atoms with Gasteiger partial charge in [-0.1, -0.05) is 26.2 Å². The lowest BCUT2D eigenvalue weighted by Gasteiger charge is -2.33. The highest BCUT2D eigenvalue weighted by molar-refractivity contribution is 5.85. The van der Waals surface area contributed by atoms with Gasteiger partial charge >= 0.3 is 0 Å². The second-order valence-electron chi connectivity index (χ2n) is 6.18. The monoisotopic (exact) mass is 248 g/mol. The standard InChI is InChI=1S/C15H24N2O/c1-12-5-7-13(8-6-12)17-14(18)15(11-16)9-3-2-4-10-15/h12-13H,2-10H2,1H3,(H,17,18). The van der Waals surface area contributed by atoms with Crippen molar-refractivity contribution in [3.8, 4) is 6.07 Å². The molecule has 3 heteroatoms. The quantitative estimate of drug-likeness (QED) is 0.816. The molecule has 2 saturated carbocycles. The molecular weight excluding hydrogens is 224 g/mol. The summed E-state index contributed by atoms with van der Waals surface area (Å²) < 4.78 is 0. The molecule has 0 aromatic rings. The third kappa shape index (κ3) is 2.85. The van der Waals surface area contributed by atoms with Gasteiger partial charge in [0.25, 0.3) is 0 Å². The van der Waals surface area contributed by atoms with Crippen molar-refractivity contribution in [2.24, 2.45) is 11.3 Å². The number of nitrogens with one attached hydrogen (secondary N) is 1. The predicted octanol–water partition coefficient (Wildman–Crippen LogP) is 3.16. The molecule has 0 atom stereocenters. The molecule has 0 unspecified atom stereocenters. The molecule has 0 aliphatic heterocycles. The molecule has 3 nitrogen and oxygen atoms in total. The predicted molar refractivity (Wildman–Crippen MR) is 70.7 cm³/mol. The minimum absolute atomic E-state index is 0.00394. The maximum absolute atomic E-state index is 12.4. The normalized spacial score (nSPS) is 31.3. The molecule has 2 aliphatic carbocycles. The van der Waals surface area contributed by atoms with E-state index in [1.807, 2.05) is 0 Å². The van der Waals surface area contributed by atoms with E-state index < -0.39 is 5.41 Å². The summed E-state index contributed by atoms with van der Waals surface area (Å²) in [4.78, 5) is 12.4. The van der Waals surface area contributed by atoms with Gasteiger partial charge in [0.05, 0.1) is 6.07 Å². The fourth-order valence-corrected chi connectivity index (χ4v) is 3.27. The summed E-state index contributed by atoms with van der Waals surface area (Å²) in [5.41, 5.74) is -0.721. The van der Waals surface area contributed by atoms with Crippen LogP contribution < -0.4 is 5.32 Å². The maximum Gasteiger partial charge on any atom is 0.240 e. The van der Waals surface area contributed by atoms with Crippen LogP contribution in [0.1, 0.15) is 64.7 Å². The van der Waals surface area contributed by atoms with Crippen LogP contribution >= 0.6 is 0 Å². The van der Waals surface area contributed by atoms with E-state index in [-0.39, 0.29) is 5.91 Å². The lowest BCUT2D eigenvalue weighted by molar-refractivity contribution is -0.130. The van der Waals surface area contributed by atoms with Gasteiger partial charge in [0.15, 0.2) is 0 Å². The summed E-state index contributed by atoms with van der Waals surface area (Å²) in [6, 6.07) is 2.61. The Morgan fingerprint density at radius 2 is 1.78 bits per heavy atom. The third-order valence-electron chi connectivity index (χ3n) is 4.71. The highest BCUT2D eigenvalue weighted by Crippen LogP contribution is 2.36. The molecular formula is C15H24N2O. The zero-order chi connectivity index (χ0) is 13.0. The molecule has 0 bridgehead atoms. The van der Waals surface area contributed by atoms with Gasteiger partial charge in [-0.2, -0.15) is 5.26 Å². The van der Waals surface area contributed by atoms with Crippen molar-refractivity contribution in [2.45, 2.75) is 70.8 Å². The Hall–Kier alpha value is -1.04. The Kier molecular flexibility index (Phi) is 4.27. The van der Waals surface area contributed by atoms with Crippen LogP contribution in [0.2, 0.25) is 0 Å². The summed E-state index contributed by atoms with van der Waals surface area (Å²) >= 11 is 0. The second kappa shape index (κ2) is 5.73. The first-order valence-corrected chi connectivity index (χ1v) is 7.38. The first kappa shape index (κ1) is 13.4. The molecule has 2 aliphatic rings. The van der Waals surface area contributed by atoms with Crippen molar-refractivity contribution in [1.82, 2.24) is 5.32 Å². The highest BCUT2D eigenvalue weighted by atomic mass is 16.2. The zero-order valence-corrected chi connectivity index (χ0v) is 11.4. The molecule has 2 fully saturated rings. The van der Waals surface area contributed by atoms with Crippen molar-refractivity contribution in [1.29, 1.82) is 5.26 Å². The molecule has 0 spiro atoms. The Morgan fingerprint density at radius 3 is 2.33 bits per heavy atom. The minimum Gasteiger partial charge on any atom is -0.352 e. The van der Waals surface area contributed by atoms with E-state index in [2.05, 4.69) is 18.3 Å². The van der Waals surface area contributed by atoms with Gasteiger partial charge in [-0.3, -0.25) is 4.79 Å². The van der Waals surface area contributed by atoms with Crippen LogP contribution in [-0.2, 0) is 4.79 Å². The van der Waals surface area contributed by atoms with Crippen molar-refractivity contribution in [3.05, 3.63) is 0 Å². The van der Waals surface area contributed by atoms with Crippen LogP contribution in [0.5, 0.6) is 0 Å². The van der Waals surface area contributed by atoms with Gasteiger partial charge in [-0.05, 0) is 44.4 Å². The van der Waals surface area contributed by atoms with Crippen LogP contribution in [-0.4, -0.2) is 11.9 Å². The summed E-state index contributed by atoms with van der Waals surface area (Å²) in [5.74, 6) is 0.794. The van der Waals surface area contributed by atoms with E-state index in [9.17, 15) is 10.1 Å². The molecule has 2 rings (SSSR count). The zero-order valence-electron chi connectivity index (χ0n) is 11.4. The average Bonchev–Trinajstić information content (AvgIpc) is 2.42.